The van der Waals surface area contributed by atoms with E-state index >= 15 is 0 Å². The Morgan fingerprint density at radius 1 is 1.28 bits per heavy atom. The molecule has 3 rings (SSSR count). The molecule has 4 heteroatoms. The van der Waals surface area contributed by atoms with Gasteiger partial charge in [0.2, 0.25) is 5.91 Å². The minimum Gasteiger partial charge on any atom is -0.385 e. The molecule has 2 aliphatic rings. The van der Waals surface area contributed by atoms with Gasteiger partial charge in [-0.3, -0.25) is 9.69 Å². The van der Waals surface area contributed by atoms with Crippen molar-refractivity contribution < 1.29 is 9.53 Å². The predicted molar refractivity (Wildman–Crippen MR) is 100 cm³/mol. The number of piperidine rings is 1. The summed E-state index contributed by atoms with van der Waals surface area (Å²) in [5, 5.41) is 3.30. The maximum atomic E-state index is 12.8. The molecular formula is C21H32N2O2. The van der Waals surface area contributed by atoms with E-state index in [0.717, 1.165) is 38.8 Å². The molecule has 1 saturated carbocycles. The largest absolute Gasteiger partial charge is 0.385 e. The zero-order valence-electron chi connectivity index (χ0n) is 15.7. The standard InChI is InChI=1S/C21H32N2O2/c1-23-14-6-10-18(19(23)17-8-4-3-5-9-17)16-22-20(24)21(11-7-12-21)13-15-25-2/h3-5,8-9,18-19H,6-7,10-16H2,1-2H3,(H,22,24). The van der Waals surface area contributed by atoms with Crippen LogP contribution >= 0.6 is 0 Å². The SMILES string of the molecule is COCCC1(C(=O)NCC2CCCN(C)C2c2ccccc2)CCC1. The Kier molecular flexibility index (Phi) is 6.13. The van der Waals surface area contributed by atoms with E-state index in [0.29, 0.717) is 18.6 Å². The molecule has 1 aromatic rings. The van der Waals surface area contributed by atoms with Gasteiger partial charge in [-0.25, -0.2) is 0 Å². The van der Waals surface area contributed by atoms with Crippen molar-refractivity contribution in [2.45, 2.75) is 44.6 Å². The molecule has 25 heavy (non-hydrogen) atoms. The van der Waals surface area contributed by atoms with Crippen LogP contribution in [-0.4, -0.2) is 44.7 Å². The number of carbonyl (C=O) groups is 1. The first kappa shape index (κ1) is 18.4. The Balaban J connectivity index is 1.63. The molecule has 2 fully saturated rings. The van der Waals surface area contributed by atoms with Gasteiger partial charge < -0.3 is 10.1 Å². The van der Waals surface area contributed by atoms with Crippen LogP contribution in [-0.2, 0) is 9.53 Å². The van der Waals surface area contributed by atoms with Crippen molar-refractivity contribution >= 4 is 5.91 Å². The van der Waals surface area contributed by atoms with E-state index in [4.69, 9.17) is 4.74 Å². The molecule has 0 bridgehead atoms. The summed E-state index contributed by atoms with van der Waals surface area (Å²) < 4.78 is 5.22. The smallest absolute Gasteiger partial charge is 0.226 e. The Bertz CT molecular complexity index is 556. The molecule has 138 valence electrons. The van der Waals surface area contributed by atoms with Gasteiger partial charge in [-0.2, -0.15) is 0 Å². The first-order chi connectivity index (χ1) is 12.2. The molecule has 1 heterocycles. The number of likely N-dealkylation sites (tertiary alicyclic amines) is 1. The number of benzene rings is 1. The van der Waals surface area contributed by atoms with Crippen molar-refractivity contribution in [2.24, 2.45) is 11.3 Å². The highest BCUT2D eigenvalue weighted by atomic mass is 16.5. The van der Waals surface area contributed by atoms with Gasteiger partial charge >= 0.3 is 0 Å². The zero-order chi connectivity index (χ0) is 17.7. The highest BCUT2D eigenvalue weighted by Crippen LogP contribution is 2.44. The van der Waals surface area contributed by atoms with Crippen molar-refractivity contribution in [1.29, 1.82) is 0 Å². The van der Waals surface area contributed by atoms with Crippen LogP contribution < -0.4 is 5.32 Å². The van der Waals surface area contributed by atoms with Crippen LogP contribution in [0.1, 0.15) is 50.1 Å². The number of hydrogen-bond acceptors (Lipinski definition) is 3. The predicted octanol–water partition coefficient (Wildman–Crippen LogP) is 3.39. The maximum Gasteiger partial charge on any atom is 0.226 e. The highest BCUT2D eigenvalue weighted by Gasteiger charge is 2.43. The lowest BCUT2D eigenvalue weighted by Gasteiger charge is -2.42. The number of nitrogens with zero attached hydrogens (tertiary/aromatic N) is 1. The van der Waals surface area contributed by atoms with Crippen molar-refractivity contribution in [1.82, 2.24) is 10.2 Å². The van der Waals surface area contributed by atoms with Crippen LogP contribution in [0.15, 0.2) is 30.3 Å². The normalized spacial score (nSPS) is 26.0. The number of nitrogens with one attached hydrogen (secondary N) is 1. The number of amides is 1. The van der Waals surface area contributed by atoms with Crippen LogP contribution in [0.4, 0.5) is 0 Å². The third-order valence-electron chi connectivity index (χ3n) is 6.25. The fourth-order valence-electron chi connectivity index (χ4n) is 4.55. The fourth-order valence-corrected chi connectivity index (χ4v) is 4.55. The van der Waals surface area contributed by atoms with Crippen molar-refractivity contribution in [3.05, 3.63) is 35.9 Å². The summed E-state index contributed by atoms with van der Waals surface area (Å²) in [4.78, 5) is 15.3. The molecule has 1 aliphatic carbocycles. The molecule has 1 saturated heterocycles. The minimum atomic E-state index is -0.168. The van der Waals surface area contributed by atoms with E-state index in [9.17, 15) is 4.79 Å². The van der Waals surface area contributed by atoms with Gasteiger partial charge in [0.25, 0.3) is 0 Å². The molecule has 2 unspecified atom stereocenters. The summed E-state index contributed by atoms with van der Waals surface area (Å²) in [6.07, 6.45) is 6.41. The Morgan fingerprint density at radius 2 is 2.04 bits per heavy atom. The van der Waals surface area contributed by atoms with E-state index < -0.39 is 0 Å². The van der Waals surface area contributed by atoms with Crippen LogP contribution in [0.2, 0.25) is 0 Å². The van der Waals surface area contributed by atoms with E-state index in [2.05, 4.69) is 47.6 Å². The number of carbonyl (C=O) groups excluding carboxylic acids is 1. The van der Waals surface area contributed by atoms with Crippen LogP contribution in [0.25, 0.3) is 0 Å². The van der Waals surface area contributed by atoms with Crippen LogP contribution in [0.3, 0.4) is 0 Å². The first-order valence-corrected chi connectivity index (χ1v) is 9.69. The van der Waals surface area contributed by atoms with Gasteiger partial charge in [-0.1, -0.05) is 36.8 Å². The number of hydrogen-bond donors (Lipinski definition) is 1. The van der Waals surface area contributed by atoms with Gasteiger partial charge in [0, 0.05) is 26.3 Å². The maximum absolute atomic E-state index is 12.8. The van der Waals surface area contributed by atoms with Gasteiger partial charge in [0.05, 0.1) is 5.41 Å². The molecular weight excluding hydrogens is 312 g/mol. The van der Waals surface area contributed by atoms with Crippen molar-refractivity contribution in [2.75, 3.05) is 33.9 Å². The third-order valence-corrected chi connectivity index (χ3v) is 6.25. The summed E-state index contributed by atoms with van der Waals surface area (Å²) in [6, 6.07) is 11.1. The van der Waals surface area contributed by atoms with Gasteiger partial charge in [0.1, 0.15) is 0 Å². The minimum absolute atomic E-state index is 0.168. The molecule has 0 aromatic heterocycles. The molecule has 1 aliphatic heterocycles. The fraction of sp³-hybridized carbons (Fsp3) is 0.667. The lowest BCUT2D eigenvalue weighted by Crippen LogP contribution is -2.49. The molecule has 1 aromatic carbocycles. The van der Waals surface area contributed by atoms with Crippen LogP contribution in [0, 0.1) is 11.3 Å². The highest BCUT2D eigenvalue weighted by molar-refractivity contribution is 5.83. The Labute approximate surface area is 151 Å². The van der Waals surface area contributed by atoms with E-state index in [-0.39, 0.29) is 11.3 Å². The number of methoxy groups -OCH3 is 1. The van der Waals surface area contributed by atoms with Crippen molar-refractivity contribution in [3.63, 3.8) is 0 Å². The second-order valence-corrected chi connectivity index (χ2v) is 7.83. The second-order valence-electron chi connectivity index (χ2n) is 7.83. The number of rotatable bonds is 7. The molecule has 4 nitrogen and oxygen atoms in total. The topological polar surface area (TPSA) is 41.6 Å². The number of ether oxygens (including phenoxy) is 1. The molecule has 0 radical (unpaired) electrons. The Morgan fingerprint density at radius 3 is 2.68 bits per heavy atom. The summed E-state index contributed by atoms with van der Waals surface area (Å²) in [5.74, 6) is 0.723. The van der Waals surface area contributed by atoms with Gasteiger partial charge in [-0.05, 0) is 57.2 Å². The summed E-state index contributed by atoms with van der Waals surface area (Å²) in [5.41, 5.74) is 1.19. The lowest BCUT2D eigenvalue weighted by atomic mass is 9.66. The third kappa shape index (κ3) is 4.06. The molecule has 1 N–H and O–H groups in total. The van der Waals surface area contributed by atoms with Gasteiger partial charge in [0.15, 0.2) is 0 Å². The second kappa shape index (κ2) is 8.33. The quantitative estimate of drug-likeness (QED) is 0.824. The molecule has 0 spiro atoms. The summed E-state index contributed by atoms with van der Waals surface area (Å²) in [6.45, 7) is 2.57. The zero-order valence-corrected chi connectivity index (χ0v) is 15.7. The van der Waals surface area contributed by atoms with E-state index in [1.807, 2.05) is 0 Å². The first-order valence-electron chi connectivity index (χ1n) is 9.69. The summed E-state index contributed by atoms with van der Waals surface area (Å²) in [7, 11) is 3.92. The van der Waals surface area contributed by atoms with Crippen molar-refractivity contribution in [3.8, 4) is 0 Å². The Hall–Kier alpha value is -1.39. The molecule has 2 atom stereocenters. The lowest BCUT2D eigenvalue weighted by molar-refractivity contribution is -0.137. The average molecular weight is 344 g/mol. The average Bonchev–Trinajstić information content (AvgIpc) is 2.60. The van der Waals surface area contributed by atoms with Crippen LogP contribution in [0.5, 0.6) is 0 Å². The van der Waals surface area contributed by atoms with E-state index in [1.54, 1.807) is 7.11 Å². The van der Waals surface area contributed by atoms with Gasteiger partial charge in [-0.15, -0.1) is 0 Å². The molecule has 1 amide bonds. The summed E-state index contributed by atoms with van der Waals surface area (Å²) >= 11 is 0. The van der Waals surface area contributed by atoms with E-state index in [1.165, 1.54) is 18.4 Å². The monoisotopic (exact) mass is 344 g/mol.